The molecule has 0 radical (unpaired) electrons. The van der Waals surface area contributed by atoms with Gasteiger partial charge in [-0.3, -0.25) is 14.6 Å². The summed E-state index contributed by atoms with van der Waals surface area (Å²) in [5.74, 6) is -0.111. The summed E-state index contributed by atoms with van der Waals surface area (Å²) in [6.45, 7) is 7.99. The zero-order valence-electron chi connectivity index (χ0n) is 29.3. The average molecular weight is 757 g/mol. The zero-order valence-corrected chi connectivity index (χ0v) is 30.8. The summed E-state index contributed by atoms with van der Waals surface area (Å²) in [7, 11) is 0. The largest absolute Gasteiger partial charge is 0.573 e. The molecule has 7 nitrogen and oxygen atoms in total. The van der Waals surface area contributed by atoms with Gasteiger partial charge < -0.3 is 20.4 Å². The molecule has 3 aliphatic heterocycles. The number of benzene rings is 3. The first-order valence-electron chi connectivity index (χ1n) is 18.3. The van der Waals surface area contributed by atoms with E-state index in [1.165, 1.54) is 17.7 Å². The van der Waals surface area contributed by atoms with Gasteiger partial charge in [-0.1, -0.05) is 47.5 Å². The van der Waals surface area contributed by atoms with Crippen LogP contribution in [0.2, 0.25) is 10.0 Å². The van der Waals surface area contributed by atoms with Crippen LogP contribution in [0.4, 0.5) is 13.2 Å². The molecule has 0 unspecified atom stereocenters. The number of fused-ring (bicyclic) bond motifs is 1. The number of alkyl halides is 3. The van der Waals surface area contributed by atoms with E-state index in [2.05, 4.69) is 48.8 Å². The Labute approximate surface area is 313 Å². The second-order valence-corrected chi connectivity index (χ2v) is 15.9. The van der Waals surface area contributed by atoms with Crippen LogP contribution in [0.15, 0.2) is 66.9 Å². The maximum atomic E-state index is 13.0. The SMILES string of the molecule is NC1(C(=O)CCCCn2cc(-c3ccc(OC(F)(F)F)cc3)c3cc(CN4CC5(CCN(Cc6c(Cl)cccc6Cl)CC5)C4)ccc32)CCNCC1. The lowest BCUT2D eigenvalue weighted by atomic mass is 9.72. The van der Waals surface area contributed by atoms with Crippen LogP contribution in [0, 0.1) is 5.41 Å². The third-order valence-electron chi connectivity index (χ3n) is 11.3. The van der Waals surface area contributed by atoms with E-state index in [0.29, 0.717) is 31.2 Å². The summed E-state index contributed by atoms with van der Waals surface area (Å²) in [5.41, 5.74) is 11.1. The number of nitrogens with two attached hydrogens (primary N) is 1. The van der Waals surface area contributed by atoms with Gasteiger partial charge in [0.05, 0.1) is 5.54 Å². The molecule has 1 spiro atoms. The first-order valence-corrected chi connectivity index (χ1v) is 19.0. The average Bonchev–Trinajstić information content (AvgIpc) is 3.46. The Balaban J connectivity index is 1.01. The van der Waals surface area contributed by atoms with Crippen LogP contribution in [0.5, 0.6) is 5.75 Å². The zero-order chi connectivity index (χ0) is 36.5. The van der Waals surface area contributed by atoms with Crippen LogP contribution in [0.3, 0.4) is 0 Å². The van der Waals surface area contributed by atoms with Gasteiger partial charge in [0.2, 0.25) is 0 Å². The summed E-state index contributed by atoms with van der Waals surface area (Å²) < 4.78 is 44.9. The normalized spacial score (nSPS) is 19.2. The molecule has 278 valence electrons. The van der Waals surface area contributed by atoms with Crippen LogP contribution >= 0.6 is 23.2 Å². The number of Topliss-reactive ketones (excluding diaryl/α,β-unsaturated/α-hetero) is 1. The van der Waals surface area contributed by atoms with E-state index in [-0.39, 0.29) is 11.5 Å². The fourth-order valence-electron chi connectivity index (χ4n) is 8.34. The summed E-state index contributed by atoms with van der Waals surface area (Å²) in [6, 6.07) is 18.3. The van der Waals surface area contributed by atoms with Gasteiger partial charge >= 0.3 is 6.36 Å². The van der Waals surface area contributed by atoms with Gasteiger partial charge in [-0.15, -0.1) is 13.2 Å². The molecule has 0 aliphatic carbocycles. The van der Waals surface area contributed by atoms with E-state index in [0.717, 1.165) is 116 Å². The van der Waals surface area contributed by atoms with Crippen LogP contribution in [0.1, 0.15) is 56.1 Å². The number of hydrogen-bond acceptors (Lipinski definition) is 6. The maximum absolute atomic E-state index is 13.0. The molecule has 3 fully saturated rings. The van der Waals surface area contributed by atoms with Gasteiger partial charge in [0.25, 0.3) is 0 Å². The molecule has 4 aromatic rings. The van der Waals surface area contributed by atoms with Crippen LogP contribution in [0.25, 0.3) is 22.0 Å². The lowest BCUT2D eigenvalue weighted by molar-refractivity contribution is -0.274. The number of ether oxygens (including phenoxy) is 1. The molecule has 12 heteroatoms. The second-order valence-electron chi connectivity index (χ2n) is 15.1. The number of unbranched alkanes of at least 4 members (excludes halogenated alkanes) is 1. The minimum atomic E-state index is -4.75. The Hall–Kier alpha value is -3.12. The minimum Gasteiger partial charge on any atom is -0.406 e. The van der Waals surface area contributed by atoms with Crippen LogP contribution in [-0.2, 0) is 24.4 Å². The Morgan fingerprint density at radius 3 is 2.25 bits per heavy atom. The maximum Gasteiger partial charge on any atom is 0.573 e. The van der Waals surface area contributed by atoms with Crippen molar-refractivity contribution in [3.05, 3.63) is 88.0 Å². The monoisotopic (exact) mass is 755 g/mol. The molecular formula is C40H46Cl2F3N5O2. The van der Waals surface area contributed by atoms with Crippen molar-refractivity contribution in [2.45, 2.75) is 76.5 Å². The van der Waals surface area contributed by atoms with E-state index in [4.69, 9.17) is 28.9 Å². The molecule has 52 heavy (non-hydrogen) atoms. The van der Waals surface area contributed by atoms with Gasteiger partial charge in [-0.2, -0.15) is 0 Å². The summed E-state index contributed by atoms with van der Waals surface area (Å²) in [6.07, 6.45) is 2.96. The lowest BCUT2D eigenvalue weighted by Crippen LogP contribution is -2.59. The van der Waals surface area contributed by atoms with Gasteiger partial charge in [-0.25, -0.2) is 0 Å². The Morgan fingerprint density at radius 1 is 0.885 bits per heavy atom. The number of nitrogens with one attached hydrogen (secondary N) is 1. The number of likely N-dealkylation sites (tertiary alicyclic amines) is 2. The van der Waals surface area contributed by atoms with E-state index in [1.54, 1.807) is 12.1 Å². The van der Waals surface area contributed by atoms with E-state index in [9.17, 15) is 18.0 Å². The predicted octanol–water partition coefficient (Wildman–Crippen LogP) is 8.43. The number of halogens is 5. The van der Waals surface area contributed by atoms with Gasteiger partial charge in [0.1, 0.15) is 5.75 Å². The highest BCUT2D eigenvalue weighted by molar-refractivity contribution is 6.36. The third-order valence-corrected chi connectivity index (χ3v) is 12.0. The Kier molecular flexibility index (Phi) is 11.0. The fourth-order valence-corrected chi connectivity index (χ4v) is 8.86. The number of hydrogen-bond donors (Lipinski definition) is 2. The number of nitrogens with zero attached hydrogens (tertiary/aromatic N) is 3. The van der Waals surface area contributed by atoms with E-state index in [1.807, 2.05) is 18.2 Å². The lowest BCUT2D eigenvalue weighted by Gasteiger charge is -2.54. The minimum absolute atomic E-state index is 0.137. The van der Waals surface area contributed by atoms with Crippen molar-refractivity contribution in [2.24, 2.45) is 11.1 Å². The van der Waals surface area contributed by atoms with Crippen molar-refractivity contribution < 1.29 is 22.7 Å². The van der Waals surface area contributed by atoms with Gasteiger partial charge in [-0.05, 0) is 118 Å². The number of carbonyl (C=O) groups is 1. The molecule has 3 saturated heterocycles. The summed E-state index contributed by atoms with van der Waals surface area (Å²) in [5, 5.41) is 5.76. The van der Waals surface area contributed by atoms with Gasteiger partial charge in [0.15, 0.2) is 5.78 Å². The molecule has 0 atom stereocenters. The third kappa shape index (κ3) is 8.48. The highest BCUT2D eigenvalue weighted by Gasteiger charge is 2.44. The van der Waals surface area contributed by atoms with Crippen molar-refractivity contribution in [2.75, 3.05) is 39.3 Å². The summed E-state index contributed by atoms with van der Waals surface area (Å²) in [4.78, 5) is 17.9. The number of piperidine rings is 2. The number of aryl methyl sites for hydroxylation is 1. The van der Waals surface area contributed by atoms with Gasteiger partial charge in [0, 0.05) is 77.4 Å². The van der Waals surface area contributed by atoms with Crippen molar-refractivity contribution in [3.63, 3.8) is 0 Å². The fraction of sp³-hybridized carbons (Fsp3) is 0.475. The molecule has 4 heterocycles. The molecule has 7 rings (SSSR count). The number of ketones is 1. The predicted molar refractivity (Wildman–Crippen MR) is 201 cm³/mol. The molecule has 0 amide bonds. The number of aromatic nitrogens is 1. The van der Waals surface area contributed by atoms with Crippen LogP contribution < -0.4 is 15.8 Å². The van der Waals surface area contributed by atoms with E-state index < -0.39 is 11.9 Å². The molecule has 0 saturated carbocycles. The number of carbonyl (C=O) groups excluding carboxylic acids is 1. The van der Waals surface area contributed by atoms with Crippen molar-refractivity contribution in [3.8, 4) is 16.9 Å². The highest BCUT2D eigenvalue weighted by Crippen LogP contribution is 2.42. The standard InChI is InChI=1S/C40H46Cl2F3N5O2/c41-34-4-3-5-35(42)33(34)24-48-20-15-38(16-21-48)26-49(27-38)23-28-7-12-36-31(22-28)32(29-8-10-30(11-9-29)52-40(43,44)45)25-50(36)19-2-1-6-37(51)39(46)13-17-47-18-14-39/h3-5,7-12,22,25,47H,1-2,6,13-21,23-24,26-27,46H2. The highest BCUT2D eigenvalue weighted by atomic mass is 35.5. The molecule has 3 N–H and O–H groups in total. The van der Waals surface area contributed by atoms with Crippen molar-refractivity contribution in [1.29, 1.82) is 0 Å². The van der Waals surface area contributed by atoms with Crippen molar-refractivity contribution >= 4 is 39.9 Å². The van der Waals surface area contributed by atoms with E-state index >= 15 is 0 Å². The molecular weight excluding hydrogens is 710 g/mol. The molecule has 3 aromatic carbocycles. The van der Waals surface area contributed by atoms with Crippen LogP contribution in [-0.4, -0.2) is 71.3 Å². The molecule has 1 aromatic heterocycles. The number of rotatable bonds is 12. The summed E-state index contributed by atoms with van der Waals surface area (Å²) >= 11 is 12.9. The first kappa shape index (κ1) is 37.2. The smallest absolute Gasteiger partial charge is 0.406 e. The molecule has 0 bridgehead atoms. The Bertz CT molecular complexity index is 1850. The quantitative estimate of drug-likeness (QED) is 0.142. The second kappa shape index (κ2) is 15.3. The van der Waals surface area contributed by atoms with Crippen molar-refractivity contribution in [1.82, 2.24) is 19.7 Å². The first-order chi connectivity index (χ1) is 24.9. The topological polar surface area (TPSA) is 75.8 Å². The molecule has 3 aliphatic rings. The Morgan fingerprint density at radius 2 is 1.58 bits per heavy atom.